The summed E-state index contributed by atoms with van der Waals surface area (Å²) in [5, 5.41) is 0. The number of nitrogens with two attached hydrogens (primary N) is 2. The van der Waals surface area contributed by atoms with Crippen LogP contribution >= 0.6 is 0 Å². The fourth-order valence-corrected chi connectivity index (χ4v) is 0.172. The van der Waals surface area contributed by atoms with Gasteiger partial charge in [0.2, 0.25) is 11.8 Å². The molecule has 56 valence electrons. The van der Waals surface area contributed by atoms with Crippen LogP contribution in [0.15, 0.2) is 0 Å². The maximum atomic E-state index is 9.73. The second-order valence-corrected chi connectivity index (χ2v) is 1.11. The zero-order valence-corrected chi connectivity index (χ0v) is 4.68. The van der Waals surface area contributed by atoms with E-state index in [1.807, 2.05) is 0 Å². The molecule has 2 amide bonds. The lowest BCUT2D eigenvalue weighted by molar-refractivity contribution is -0.125. The number of carbonyl (C=O) groups is 2. The van der Waals surface area contributed by atoms with Crippen molar-refractivity contribution in [2.24, 2.45) is 11.5 Å². The second kappa shape index (κ2) is 6.86. The summed E-state index contributed by atoms with van der Waals surface area (Å²) in [5.74, 6) is -1.37. The Hall–Kier alpha value is -1.14. The van der Waals surface area contributed by atoms with Crippen LogP contribution in [0.5, 0.6) is 0 Å². The minimum absolute atomic E-state index is 0. The molecule has 0 heterocycles. The Morgan fingerprint density at radius 3 is 1.22 bits per heavy atom. The van der Waals surface area contributed by atoms with Crippen LogP contribution in [-0.2, 0) is 9.59 Å². The van der Waals surface area contributed by atoms with Crippen LogP contribution in [0.3, 0.4) is 0 Å². The minimum Gasteiger partial charge on any atom is -0.412 e. The average Bonchev–Trinajstić information content (AvgIpc) is 1.27. The van der Waals surface area contributed by atoms with E-state index in [2.05, 4.69) is 11.5 Å². The third kappa shape index (κ3) is 19.8. The number of primary amides is 2. The summed E-state index contributed by atoms with van der Waals surface area (Å²) in [6.07, 6.45) is -0.361. The Kier molecular flexibility index (Phi) is 11.9. The molecule has 0 aliphatic rings. The van der Waals surface area contributed by atoms with Crippen molar-refractivity contribution in [3.63, 3.8) is 0 Å². The Morgan fingerprint density at radius 2 is 1.22 bits per heavy atom. The Balaban J connectivity index is -0.000000180. The highest BCUT2D eigenvalue weighted by molar-refractivity contribution is 5.95. The average molecular weight is 138 g/mol. The SMILES string of the molecule is NC(=O)CC(N)=O.O.O. The smallest absolute Gasteiger partial charge is 0.226 e. The molecule has 0 aliphatic heterocycles. The van der Waals surface area contributed by atoms with E-state index < -0.39 is 11.8 Å². The molecule has 9 heavy (non-hydrogen) atoms. The van der Waals surface area contributed by atoms with Crippen LogP contribution in [0.25, 0.3) is 0 Å². The van der Waals surface area contributed by atoms with Crippen LogP contribution in [0.1, 0.15) is 6.42 Å². The van der Waals surface area contributed by atoms with Gasteiger partial charge in [0.25, 0.3) is 0 Å². The number of amides is 2. The molecule has 0 radical (unpaired) electrons. The van der Waals surface area contributed by atoms with Gasteiger partial charge in [-0.3, -0.25) is 9.59 Å². The van der Waals surface area contributed by atoms with E-state index in [1.165, 1.54) is 0 Å². The van der Waals surface area contributed by atoms with Crippen molar-refractivity contribution in [1.29, 1.82) is 0 Å². The molecule has 0 fully saturated rings. The summed E-state index contributed by atoms with van der Waals surface area (Å²) in [7, 11) is 0. The minimum atomic E-state index is -0.687. The number of rotatable bonds is 2. The fourth-order valence-electron chi connectivity index (χ4n) is 0.172. The Morgan fingerprint density at radius 1 is 1.00 bits per heavy atom. The quantitative estimate of drug-likeness (QED) is 0.384. The zero-order chi connectivity index (χ0) is 5.86. The summed E-state index contributed by atoms with van der Waals surface area (Å²) >= 11 is 0. The first-order chi connectivity index (χ1) is 3.13. The Bertz CT molecular complexity index is 90.0. The third-order valence-electron chi connectivity index (χ3n) is 0.348. The van der Waals surface area contributed by atoms with Gasteiger partial charge in [-0.25, -0.2) is 0 Å². The number of carbonyl (C=O) groups excluding carboxylic acids is 2. The van der Waals surface area contributed by atoms with Gasteiger partial charge in [0.1, 0.15) is 6.42 Å². The van der Waals surface area contributed by atoms with Gasteiger partial charge in [-0.15, -0.1) is 0 Å². The molecule has 0 aromatic rings. The van der Waals surface area contributed by atoms with Crippen molar-refractivity contribution in [3.05, 3.63) is 0 Å². The highest BCUT2D eigenvalue weighted by Gasteiger charge is 1.96. The van der Waals surface area contributed by atoms with Crippen molar-refractivity contribution < 1.29 is 20.5 Å². The maximum absolute atomic E-state index is 9.73. The van der Waals surface area contributed by atoms with Gasteiger partial charge in [-0.2, -0.15) is 0 Å². The van der Waals surface area contributed by atoms with Crippen LogP contribution in [0, 0.1) is 0 Å². The molecule has 0 saturated heterocycles. The van der Waals surface area contributed by atoms with Crippen molar-refractivity contribution in [1.82, 2.24) is 0 Å². The van der Waals surface area contributed by atoms with Gasteiger partial charge >= 0.3 is 0 Å². The molecule has 8 N–H and O–H groups in total. The summed E-state index contributed by atoms with van der Waals surface area (Å²) in [4.78, 5) is 19.5. The second-order valence-electron chi connectivity index (χ2n) is 1.11. The molecule has 0 aromatic heterocycles. The van der Waals surface area contributed by atoms with Gasteiger partial charge in [-0.05, 0) is 0 Å². The topological polar surface area (TPSA) is 149 Å². The highest BCUT2D eigenvalue weighted by atomic mass is 16.2. The van der Waals surface area contributed by atoms with Crippen LogP contribution in [0.4, 0.5) is 0 Å². The first kappa shape index (κ1) is 15.7. The molecule has 6 heteroatoms. The van der Waals surface area contributed by atoms with Crippen molar-refractivity contribution in [2.45, 2.75) is 6.42 Å². The molecule has 0 saturated carbocycles. The van der Waals surface area contributed by atoms with Gasteiger partial charge in [0.15, 0.2) is 0 Å². The third-order valence-corrected chi connectivity index (χ3v) is 0.348. The van der Waals surface area contributed by atoms with Gasteiger partial charge in [0.05, 0.1) is 0 Å². The summed E-state index contributed by atoms with van der Waals surface area (Å²) < 4.78 is 0. The monoisotopic (exact) mass is 138 g/mol. The van der Waals surface area contributed by atoms with E-state index in [4.69, 9.17) is 0 Å². The molecular weight excluding hydrogens is 128 g/mol. The van der Waals surface area contributed by atoms with Crippen LogP contribution in [-0.4, -0.2) is 22.8 Å². The summed E-state index contributed by atoms with van der Waals surface area (Å²) in [5.41, 5.74) is 9.11. The van der Waals surface area contributed by atoms with Gasteiger partial charge in [0, 0.05) is 0 Å². The molecule has 0 rings (SSSR count). The number of hydrogen-bond donors (Lipinski definition) is 2. The fraction of sp³-hybridized carbons (Fsp3) is 0.333. The van der Waals surface area contributed by atoms with Crippen LogP contribution in [0.2, 0.25) is 0 Å². The Labute approximate surface area is 51.4 Å². The lowest BCUT2D eigenvalue weighted by Crippen LogP contribution is -2.21. The van der Waals surface area contributed by atoms with E-state index in [0.29, 0.717) is 0 Å². The predicted octanol–water partition coefficient (Wildman–Crippen LogP) is -3.30. The molecule has 0 atom stereocenters. The van der Waals surface area contributed by atoms with Crippen molar-refractivity contribution in [3.8, 4) is 0 Å². The molecular formula is C3H10N2O4. The lowest BCUT2D eigenvalue weighted by Gasteiger charge is -1.82. The van der Waals surface area contributed by atoms with E-state index in [0.717, 1.165) is 0 Å². The zero-order valence-electron chi connectivity index (χ0n) is 4.68. The molecule has 6 nitrogen and oxygen atoms in total. The molecule has 0 spiro atoms. The van der Waals surface area contributed by atoms with Gasteiger partial charge < -0.3 is 22.4 Å². The predicted molar refractivity (Wildman–Crippen MR) is 30.2 cm³/mol. The molecule has 0 aromatic carbocycles. The van der Waals surface area contributed by atoms with E-state index in [9.17, 15) is 9.59 Å². The van der Waals surface area contributed by atoms with Crippen LogP contribution < -0.4 is 11.5 Å². The van der Waals surface area contributed by atoms with E-state index in [-0.39, 0.29) is 17.4 Å². The van der Waals surface area contributed by atoms with E-state index in [1.54, 1.807) is 0 Å². The molecule has 0 unspecified atom stereocenters. The molecule has 0 aliphatic carbocycles. The lowest BCUT2D eigenvalue weighted by atomic mass is 10.4. The summed E-state index contributed by atoms with van der Waals surface area (Å²) in [6.45, 7) is 0. The van der Waals surface area contributed by atoms with Crippen molar-refractivity contribution >= 4 is 11.8 Å². The number of hydrogen-bond acceptors (Lipinski definition) is 2. The maximum Gasteiger partial charge on any atom is 0.226 e. The highest BCUT2D eigenvalue weighted by Crippen LogP contribution is 1.68. The van der Waals surface area contributed by atoms with Crippen molar-refractivity contribution in [2.75, 3.05) is 0 Å². The molecule has 0 bridgehead atoms. The van der Waals surface area contributed by atoms with Gasteiger partial charge in [-0.1, -0.05) is 0 Å². The first-order valence-corrected chi connectivity index (χ1v) is 1.69. The largest absolute Gasteiger partial charge is 0.412 e. The first-order valence-electron chi connectivity index (χ1n) is 1.69. The normalized spacial score (nSPS) is 6.22. The van der Waals surface area contributed by atoms with E-state index >= 15 is 0 Å². The standard InChI is InChI=1S/C3H6N2O2.2H2O/c4-2(6)1-3(5)7;;/h1H2,(H2,4,6)(H2,5,7);2*1H2. The summed E-state index contributed by atoms with van der Waals surface area (Å²) in [6, 6.07) is 0.